The van der Waals surface area contributed by atoms with E-state index in [1.165, 1.54) is 0 Å². The van der Waals surface area contributed by atoms with Crippen molar-refractivity contribution in [3.63, 3.8) is 0 Å². The largest absolute Gasteiger partial charge is 0.497 e. The molecule has 0 unspecified atom stereocenters. The molecule has 0 aliphatic rings. The average Bonchev–Trinajstić information content (AvgIpc) is 3.23. The zero-order valence-electron chi connectivity index (χ0n) is 16.7. The molecular weight excluding hydrogens is 432 g/mol. The van der Waals surface area contributed by atoms with Crippen molar-refractivity contribution >= 4 is 29.3 Å². The zero-order valence-corrected chi connectivity index (χ0v) is 18.2. The highest BCUT2D eigenvalue weighted by molar-refractivity contribution is 7.98. The van der Waals surface area contributed by atoms with Crippen LogP contribution in [0.2, 0.25) is 5.02 Å². The van der Waals surface area contributed by atoms with Gasteiger partial charge in [0.1, 0.15) is 17.3 Å². The number of ether oxygens (including phenoxy) is 1. The molecule has 1 N–H and O–H groups in total. The summed E-state index contributed by atoms with van der Waals surface area (Å²) < 4.78 is 11.6. The molecule has 0 aliphatic heterocycles. The van der Waals surface area contributed by atoms with Gasteiger partial charge in [-0.15, -0.1) is 11.8 Å². The first kappa shape index (κ1) is 21.1. The molecule has 1 aromatic heterocycles. The van der Waals surface area contributed by atoms with Gasteiger partial charge in [-0.1, -0.05) is 35.9 Å². The minimum atomic E-state index is -0.957. The first-order valence-corrected chi connectivity index (χ1v) is 10.9. The third-order valence-electron chi connectivity index (χ3n) is 4.77. The third kappa shape index (κ3) is 4.95. The molecule has 0 saturated carbocycles. The Morgan fingerprint density at radius 1 is 1.00 bits per heavy atom. The van der Waals surface area contributed by atoms with Gasteiger partial charge in [-0.25, -0.2) is 4.79 Å². The number of methoxy groups -OCH3 is 1. The molecular formula is C25H19ClO4S. The van der Waals surface area contributed by atoms with Crippen molar-refractivity contribution < 1.29 is 19.1 Å². The number of benzene rings is 3. The predicted molar refractivity (Wildman–Crippen MR) is 124 cm³/mol. The van der Waals surface area contributed by atoms with Crippen LogP contribution >= 0.6 is 23.4 Å². The molecule has 3 aromatic carbocycles. The van der Waals surface area contributed by atoms with Gasteiger partial charge in [0.05, 0.1) is 12.7 Å². The van der Waals surface area contributed by atoms with Gasteiger partial charge in [0.2, 0.25) is 0 Å². The molecule has 31 heavy (non-hydrogen) atoms. The summed E-state index contributed by atoms with van der Waals surface area (Å²) in [6.07, 6.45) is 0. The second kappa shape index (κ2) is 9.33. The van der Waals surface area contributed by atoms with Crippen LogP contribution in [0.25, 0.3) is 22.6 Å². The number of aromatic carboxylic acids is 1. The number of hydrogen-bond acceptors (Lipinski definition) is 4. The summed E-state index contributed by atoms with van der Waals surface area (Å²) in [5, 5.41) is 9.89. The molecule has 0 atom stereocenters. The number of rotatable bonds is 7. The molecule has 0 aliphatic carbocycles. The highest BCUT2D eigenvalue weighted by atomic mass is 35.5. The Morgan fingerprint density at radius 3 is 2.42 bits per heavy atom. The van der Waals surface area contributed by atoms with E-state index in [1.54, 1.807) is 43.1 Å². The van der Waals surface area contributed by atoms with Crippen LogP contribution in [0.1, 0.15) is 15.9 Å². The minimum absolute atomic E-state index is 0.236. The van der Waals surface area contributed by atoms with E-state index in [9.17, 15) is 9.90 Å². The van der Waals surface area contributed by atoms with Crippen LogP contribution in [0.3, 0.4) is 0 Å². The summed E-state index contributed by atoms with van der Waals surface area (Å²) in [5.74, 6) is 1.92. The molecule has 0 bridgehead atoms. The van der Waals surface area contributed by atoms with E-state index in [0.717, 1.165) is 38.9 Å². The summed E-state index contributed by atoms with van der Waals surface area (Å²) >= 11 is 7.67. The molecule has 4 nitrogen and oxygen atoms in total. The molecule has 4 aromatic rings. The number of thioether (sulfide) groups is 1. The fourth-order valence-electron chi connectivity index (χ4n) is 3.15. The van der Waals surface area contributed by atoms with E-state index in [4.69, 9.17) is 20.8 Å². The van der Waals surface area contributed by atoms with Crippen molar-refractivity contribution in [1.82, 2.24) is 0 Å². The second-order valence-corrected chi connectivity index (χ2v) is 8.31. The number of furan rings is 1. The summed E-state index contributed by atoms with van der Waals surface area (Å²) in [6, 6.07) is 24.1. The Labute approximate surface area is 189 Å². The van der Waals surface area contributed by atoms with Gasteiger partial charge in [0.15, 0.2) is 0 Å². The molecule has 6 heteroatoms. The Morgan fingerprint density at radius 2 is 1.74 bits per heavy atom. The first-order valence-electron chi connectivity index (χ1n) is 9.53. The average molecular weight is 451 g/mol. The molecule has 156 valence electrons. The standard InChI is InChI=1S/C25H19ClO4S/c1-29-21-4-2-3-18(13-21)23-14-19(15-31-22-11-9-20(26)10-12-22)24(30-23)16-5-7-17(8-6-16)25(27)28/h2-14H,15H2,1H3,(H,27,28). The monoisotopic (exact) mass is 450 g/mol. The topological polar surface area (TPSA) is 59.7 Å². The van der Waals surface area contributed by atoms with Crippen molar-refractivity contribution in [1.29, 1.82) is 0 Å². The fourth-order valence-corrected chi connectivity index (χ4v) is 4.15. The van der Waals surface area contributed by atoms with E-state index >= 15 is 0 Å². The van der Waals surface area contributed by atoms with Crippen LogP contribution in [0.15, 0.2) is 88.2 Å². The first-order chi connectivity index (χ1) is 15.0. The maximum absolute atomic E-state index is 11.2. The van der Waals surface area contributed by atoms with Gasteiger partial charge in [-0.05, 0) is 54.6 Å². The second-order valence-electron chi connectivity index (χ2n) is 6.82. The summed E-state index contributed by atoms with van der Waals surface area (Å²) in [6.45, 7) is 0. The van der Waals surface area contributed by atoms with Gasteiger partial charge >= 0.3 is 5.97 Å². The van der Waals surface area contributed by atoms with Gasteiger partial charge in [0.25, 0.3) is 0 Å². The lowest BCUT2D eigenvalue weighted by Crippen LogP contribution is -1.95. The Hall–Kier alpha value is -3.15. The molecule has 0 spiro atoms. The minimum Gasteiger partial charge on any atom is -0.497 e. The number of carbonyl (C=O) groups is 1. The van der Waals surface area contributed by atoms with Crippen molar-refractivity contribution in [2.45, 2.75) is 10.6 Å². The Kier molecular flexibility index (Phi) is 6.35. The smallest absolute Gasteiger partial charge is 0.335 e. The van der Waals surface area contributed by atoms with Crippen LogP contribution in [0, 0.1) is 0 Å². The molecule has 0 radical (unpaired) electrons. The van der Waals surface area contributed by atoms with E-state index in [1.807, 2.05) is 54.6 Å². The highest BCUT2D eigenvalue weighted by Gasteiger charge is 2.16. The fraction of sp³-hybridized carbons (Fsp3) is 0.0800. The molecule has 0 saturated heterocycles. The van der Waals surface area contributed by atoms with Gasteiger partial charge < -0.3 is 14.3 Å². The zero-order chi connectivity index (χ0) is 21.8. The van der Waals surface area contributed by atoms with E-state index in [-0.39, 0.29) is 5.56 Å². The number of carboxylic acid groups (broad SMARTS) is 1. The lowest BCUT2D eigenvalue weighted by molar-refractivity contribution is 0.0697. The van der Waals surface area contributed by atoms with Gasteiger partial charge in [-0.2, -0.15) is 0 Å². The predicted octanol–water partition coefficient (Wildman–Crippen LogP) is 7.27. The van der Waals surface area contributed by atoms with E-state index in [0.29, 0.717) is 10.8 Å². The third-order valence-corrected chi connectivity index (χ3v) is 6.08. The SMILES string of the molecule is COc1cccc(-c2cc(CSc3ccc(Cl)cc3)c(-c3ccc(C(=O)O)cc3)o2)c1. The molecule has 4 rings (SSSR count). The van der Waals surface area contributed by atoms with Gasteiger partial charge in [-0.3, -0.25) is 0 Å². The van der Waals surface area contributed by atoms with Crippen LogP contribution in [-0.4, -0.2) is 18.2 Å². The maximum Gasteiger partial charge on any atom is 0.335 e. The number of carboxylic acids is 1. The normalized spacial score (nSPS) is 10.8. The van der Waals surface area contributed by atoms with Crippen molar-refractivity contribution in [3.05, 3.63) is 95.0 Å². The van der Waals surface area contributed by atoms with Crippen molar-refractivity contribution in [2.75, 3.05) is 7.11 Å². The number of halogens is 1. The maximum atomic E-state index is 11.2. The van der Waals surface area contributed by atoms with Crippen LogP contribution in [-0.2, 0) is 5.75 Å². The Bertz CT molecular complexity index is 1200. The summed E-state index contributed by atoms with van der Waals surface area (Å²) in [5.41, 5.74) is 2.98. The lowest BCUT2D eigenvalue weighted by Gasteiger charge is -2.04. The quantitative estimate of drug-likeness (QED) is 0.300. The van der Waals surface area contributed by atoms with Gasteiger partial charge in [0, 0.05) is 32.4 Å². The summed E-state index contributed by atoms with van der Waals surface area (Å²) in [7, 11) is 1.63. The van der Waals surface area contributed by atoms with E-state index in [2.05, 4.69) is 0 Å². The highest BCUT2D eigenvalue weighted by Crippen LogP contribution is 2.37. The Balaban J connectivity index is 1.70. The summed E-state index contributed by atoms with van der Waals surface area (Å²) in [4.78, 5) is 12.3. The van der Waals surface area contributed by atoms with Crippen molar-refractivity contribution in [3.8, 4) is 28.4 Å². The van der Waals surface area contributed by atoms with E-state index < -0.39 is 5.97 Å². The van der Waals surface area contributed by atoms with Crippen LogP contribution in [0.4, 0.5) is 0 Å². The van der Waals surface area contributed by atoms with Crippen LogP contribution in [0.5, 0.6) is 5.75 Å². The molecule has 1 heterocycles. The number of hydrogen-bond donors (Lipinski definition) is 1. The molecule has 0 fully saturated rings. The molecule has 0 amide bonds. The lowest BCUT2D eigenvalue weighted by atomic mass is 10.1. The van der Waals surface area contributed by atoms with Crippen LogP contribution < -0.4 is 4.74 Å². The van der Waals surface area contributed by atoms with Crippen molar-refractivity contribution in [2.24, 2.45) is 0 Å².